The lowest BCUT2D eigenvalue weighted by Crippen LogP contribution is -2.26. The van der Waals surface area contributed by atoms with Gasteiger partial charge in [0.15, 0.2) is 5.82 Å². The van der Waals surface area contributed by atoms with Crippen molar-refractivity contribution in [3.8, 4) is 0 Å². The Morgan fingerprint density at radius 3 is 2.53 bits per heavy atom. The van der Waals surface area contributed by atoms with Crippen molar-refractivity contribution in [1.29, 1.82) is 0 Å². The highest BCUT2D eigenvalue weighted by molar-refractivity contribution is 7.92. The molecule has 1 atom stereocenters. The number of hydrazone groups is 1. The summed E-state index contributed by atoms with van der Waals surface area (Å²) in [5, 5.41) is 9.53. The third-order valence-electron chi connectivity index (χ3n) is 5.40. The van der Waals surface area contributed by atoms with Gasteiger partial charge in [-0.05, 0) is 49.6 Å². The Morgan fingerprint density at radius 1 is 1.16 bits per heavy atom. The molecule has 2 heterocycles. The van der Waals surface area contributed by atoms with Crippen LogP contribution in [-0.4, -0.2) is 44.3 Å². The van der Waals surface area contributed by atoms with Gasteiger partial charge in [-0.2, -0.15) is 5.10 Å². The predicted octanol–water partition coefficient (Wildman–Crippen LogP) is 3.50. The van der Waals surface area contributed by atoms with Gasteiger partial charge in [0.05, 0.1) is 11.4 Å². The van der Waals surface area contributed by atoms with Crippen LogP contribution >= 0.6 is 0 Å². The maximum absolute atomic E-state index is 12.8. The fourth-order valence-corrected chi connectivity index (χ4v) is 4.61. The van der Waals surface area contributed by atoms with Crippen LogP contribution in [0.15, 0.2) is 75.2 Å². The van der Waals surface area contributed by atoms with E-state index in [-0.39, 0.29) is 22.5 Å². The van der Waals surface area contributed by atoms with Crippen LogP contribution in [0.3, 0.4) is 0 Å². The fourth-order valence-electron chi connectivity index (χ4n) is 3.49. The van der Waals surface area contributed by atoms with Crippen LogP contribution in [0.5, 0.6) is 0 Å². The van der Waals surface area contributed by atoms with E-state index in [2.05, 4.69) is 10.3 Å². The minimum absolute atomic E-state index is 0.106. The highest BCUT2D eigenvalue weighted by atomic mass is 32.2. The van der Waals surface area contributed by atoms with Gasteiger partial charge in [-0.15, -0.1) is 0 Å². The van der Waals surface area contributed by atoms with Gasteiger partial charge in [-0.3, -0.25) is 9.10 Å². The maximum atomic E-state index is 12.8. The second-order valence-electron chi connectivity index (χ2n) is 7.73. The Bertz CT molecular complexity index is 1220. The van der Waals surface area contributed by atoms with E-state index in [0.29, 0.717) is 17.9 Å². The molecule has 1 aliphatic rings. The Kier molecular flexibility index (Phi) is 6.09. The zero-order valence-electron chi connectivity index (χ0n) is 17.9. The van der Waals surface area contributed by atoms with E-state index in [9.17, 15) is 13.2 Å². The van der Waals surface area contributed by atoms with Crippen molar-refractivity contribution in [1.82, 2.24) is 10.2 Å². The summed E-state index contributed by atoms with van der Waals surface area (Å²) in [5.74, 6) is 0.830. The Hall–Kier alpha value is -3.46. The molecule has 32 heavy (non-hydrogen) atoms. The van der Waals surface area contributed by atoms with Crippen molar-refractivity contribution in [2.75, 3.05) is 17.9 Å². The topological polar surface area (TPSA) is 96.1 Å². The first-order valence-corrected chi connectivity index (χ1v) is 11.7. The number of carbonyl (C=O) groups excluding carboxylic acids is 1. The van der Waals surface area contributed by atoms with Crippen LogP contribution in [0.2, 0.25) is 0 Å². The molecule has 0 fully saturated rings. The van der Waals surface area contributed by atoms with E-state index in [1.165, 1.54) is 12.1 Å². The second-order valence-corrected chi connectivity index (χ2v) is 9.70. The Labute approximate surface area is 187 Å². The molecule has 0 N–H and O–H groups in total. The number of hydrogen-bond donors (Lipinski definition) is 0. The van der Waals surface area contributed by atoms with Gasteiger partial charge in [0.25, 0.3) is 15.9 Å². The Balaban J connectivity index is 1.34. The van der Waals surface area contributed by atoms with Crippen molar-refractivity contribution >= 4 is 28.0 Å². The molecule has 0 saturated carbocycles. The molecule has 1 amide bonds. The quantitative estimate of drug-likeness (QED) is 0.547. The molecule has 0 spiro atoms. The molecule has 0 bridgehead atoms. The molecule has 4 rings (SSSR count). The van der Waals surface area contributed by atoms with Crippen molar-refractivity contribution in [2.45, 2.75) is 24.7 Å². The number of carbonyl (C=O) groups is 1. The average Bonchev–Trinajstić information content (AvgIpc) is 3.46. The molecule has 1 aliphatic heterocycles. The monoisotopic (exact) mass is 452 g/mol. The van der Waals surface area contributed by atoms with Gasteiger partial charge >= 0.3 is 0 Å². The lowest BCUT2D eigenvalue weighted by molar-refractivity contribution is 0.0767. The molecule has 1 aromatic heterocycles. The zero-order chi connectivity index (χ0) is 22.7. The number of rotatable bonds is 7. The van der Waals surface area contributed by atoms with Crippen molar-refractivity contribution < 1.29 is 17.7 Å². The number of aryl methyl sites for hydroxylation is 2. The number of nitrogens with zero attached hydrogens (tertiary/aromatic N) is 4. The number of benzene rings is 2. The van der Waals surface area contributed by atoms with E-state index in [4.69, 9.17) is 4.52 Å². The normalized spacial score (nSPS) is 15.8. The summed E-state index contributed by atoms with van der Waals surface area (Å²) in [5.41, 5.74) is 1.64. The molecular weight excluding hydrogens is 428 g/mol. The summed E-state index contributed by atoms with van der Waals surface area (Å²) < 4.78 is 31.7. The van der Waals surface area contributed by atoms with E-state index in [1.54, 1.807) is 37.3 Å². The summed E-state index contributed by atoms with van der Waals surface area (Å²) in [6, 6.07) is 17.5. The van der Waals surface area contributed by atoms with E-state index in [1.807, 2.05) is 36.5 Å². The molecule has 2 aromatic carbocycles. The van der Waals surface area contributed by atoms with Crippen LogP contribution < -0.4 is 4.31 Å². The number of anilines is 1. The molecule has 8 nitrogen and oxygen atoms in total. The SMILES string of the molecule is Cc1cc(N(C)S(=O)(=O)c2ccc(CCC3C=NN(C(=O)c4ccccc4)C3)cc2)no1. The van der Waals surface area contributed by atoms with Gasteiger partial charge in [0.1, 0.15) is 5.76 Å². The summed E-state index contributed by atoms with van der Waals surface area (Å²) in [7, 11) is -2.28. The smallest absolute Gasteiger partial charge is 0.273 e. The van der Waals surface area contributed by atoms with Crippen LogP contribution in [0.25, 0.3) is 0 Å². The zero-order valence-corrected chi connectivity index (χ0v) is 18.7. The molecule has 0 aliphatic carbocycles. The summed E-state index contributed by atoms with van der Waals surface area (Å²) in [6.07, 6.45) is 3.38. The standard InChI is InChI=1S/C23H24N4O4S/c1-17-14-22(25-31-17)26(2)32(29,30)21-12-10-18(11-13-21)8-9-19-15-24-27(16-19)23(28)20-6-4-3-5-7-20/h3-7,10-15,19H,8-9,16H2,1-2H3. The number of sulfonamides is 1. The molecule has 3 aromatic rings. The number of aromatic nitrogens is 1. The number of hydrogen-bond acceptors (Lipinski definition) is 6. The lowest BCUT2D eigenvalue weighted by atomic mass is 10.0. The van der Waals surface area contributed by atoms with Gasteiger partial charge in [0.2, 0.25) is 0 Å². The maximum Gasteiger partial charge on any atom is 0.273 e. The van der Waals surface area contributed by atoms with Crippen molar-refractivity contribution in [3.63, 3.8) is 0 Å². The highest BCUT2D eigenvalue weighted by Crippen LogP contribution is 2.23. The molecule has 166 valence electrons. The van der Waals surface area contributed by atoms with E-state index in [0.717, 1.165) is 22.7 Å². The van der Waals surface area contributed by atoms with Crippen LogP contribution in [0, 0.1) is 12.8 Å². The molecule has 1 unspecified atom stereocenters. The van der Waals surface area contributed by atoms with Crippen molar-refractivity contribution in [2.24, 2.45) is 11.0 Å². The van der Waals surface area contributed by atoms with Gasteiger partial charge < -0.3 is 4.52 Å². The minimum Gasteiger partial charge on any atom is -0.360 e. The third-order valence-corrected chi connectivity index (χ3v) is 7.18. The average molecular weight is 453 g/mol. The van der Waals surface area contributed by atoms with Crippen LogP contribution in [0.4, 0.5) is 5.82 Å². The van der Waals surface area contributed by atoms with Crippen LogP contribution in [0.1, 0.15) is 28.1 Å². The first kappa shape index (κ1) is 21.8. The second kappa shape index (κ2) is 8.96. The molecule has 0 saturated heterocycles. The third kappa shape index (κ3) is 4.57. The van der Waals surface area contributed by atoms with E-state index < -0.39 is 10.0 Å². The lowest BCUT2D eigenvalue weighted by Gasteiger charge is -2.16. The van der Waals surface area contributed by atoms with E-state index >= 15 is 0 Å². The Morgan fingerprint density at radius 2 is 1.88 bits per heavy atom. The fraction of sp³-hybridized carbons (Fsp3) is 0.261. The van der Waals surface area contributed by atoms with Crippen molar-refractivity contribution in [3.05, 3.63) is 77.6 Å². The van der Waals surface area contributed by atoms with Gasteiger partial charge in [-0.1, -0.05) is 35.5 Å². The molecule has 0 radical (unpaired) electrons. The predicted molar refractivity (Wildman–Crippen MR) is 121 cm³/mol. The summed E-state index contributed by atoms with van der Waals surface area (Å²) >= 11 is 0. The van der Waals surface area contributed by atoms with Crippen LogP contribution in [-0.2, 0) is 16.4 Å². The first-order chi connectivity index (χ1) is 15.3. The molecule has 9 heteroatoms. The van der Waals surface area contributed by atoms with Gasteiger partial charge in [0, 0.05) is 30.8 Å². The molecular formula is C23H24N4O4S. The largest absolute Gasteiger partial charge is 0.360 e. The minimum atomic E-state index is -3.72. The summed E-state index contributed by atoms with van der Waals surface area (Å²) in [6.45, 7) is 2.25. The first-order valence-electron chi connectivity index (χ1n) is 10.3. The number of amides is 1. The van der Waals surface area contributed by atoms with Gasteiger partial charge in [-0.25, -0.2) is 13.4 Å². The summed E-state index contributed by atoms with van der Waals surface area (Å²) in [4.78, 5) is 12.7. The highest BCUT2D eigenvalue weighted by Gasteiger charge is 2.25.